The third-order valence-electron chi connectivity index (χ3n) is 8.16. The molecular weight excluding hydrogens is 640 g/mol. The highest BCUT2D eigenvalue weighted by molar-refractivity contribution is 6.33. The van der Waals surface area contributed by atoms with Gasteiger partial charge in [0.2, 0.25) is 0 Å². The molecule has 5 rings (SSSR count). The second-order valence-corrected chi connectivity index (χ2v) is 11.7. The van der Waals surface area contributed by atoms with Crippen LogP contribution in [-0.2, 0) is 17.5 Å². The van der Waals surface area contributed by atoms with Crippen LogP contribution in [0.5, 0.6) is 0 Å². The number of piperazine rings is 1. The first-order chi connectivity index (χ1) is 21.7. The number of carboxylic acids is 1. The maximum atomic E-state index is 13.7. The Labute approximate surface area is 265 Å². The Balaban J connectivity index is 1.36. The van der Waals surface area contributed by atoms with Gasteiger partial charge in [-0.25, -0.2) is 4.98 Å². The Hall–Kier alpha value is -3.88. The lowest BCUT2D eigenvalue weighted by atomic mass is 9.99. The zero-order valence-corrected chi connectivity index (χ0v) is 25.1. The van der Waals surface area contributed by atoms with Gasteiger partial charge in [0.15, 0.2) is 0 Å². The van der Waals surface area contributed by atoms with Gasteiger partial charge in [-0.05, 0) is 67.4 Å². The van der Waals surface area contributed by atoms with Crippen LogP contribution in [-0.4, -0.2) is 83.3 Å². The maximum Gasteiger partial charge on any atom is 0.416 e. The molecular formula is C31H30ClF6N5O3. The summed E-state index contributed by atoms with van der Waals surface area (Å²) in [6.07, 6.45) is -7.58. The number of rotatable bonds is 8. The molecule has 0 aliphatic carbocycles. The van der Waals surface area contributed by atoms with Crippen LogP contribution in [0.15, 0.2) is 54.7 Å². The number of amides is 1. The second kappa shape index (κ2) is 13.5. The number of nitrogens with one attached hydrogen (secondary N) is 1. The summed E-state index contributed by atoms with van der Waals surface area (Å²) in [5.74, 6) is -1.36. The van der Waals surface area contributed by atoms with Crippen LogP contribution in [0.2, 0.25) is 5.02 Å². The first kappa shape index (κ1) is 33.5. The lowest BCUT2D eigenvalue weighted by molar-refractivity contribution is -0.177. The molecule has 2 aromatic carbocycles. The predicted octanol–water partition coefficient (Wildman–Crippen LogP) is 6.41. The van der Waals surface area contributed by atoms with Crippen LogP contribution in [0.1, 0.15) is 34.3 Å². The molecule has 3 heterocycles. The van der Waals surface area contributed by atoms with Gasteiger partial charge in [-0.2, -0.15) is 26.3 Å². The van der Waals surface area contributed by atoms with E-state index in [2.05, 4.69) is 15.2 Å². The number of aromatic nitrogens is 1. The smallest absolute Gasteiger partial charge is 0.416 e. The molecule has 0 saturated carbocycles. The monoisotopic (exact) mass is 669 g/mol. The molecule has 2 saturated heterocycles. The van der Waals surface area contributed by atoms with Gasteiger partial charge < -0.3 is 15.3 Å². The molecule has 3 aromatic rings. The molecule has 2 N–H and O–H groups in total. The van der Waals surface area contributed by atoms with Gasteiger partial charge in [-0.1, -0.05) is 17.7 Å². The zero-order chi connectivity index (χ0) is 33.2. The minimum absolute atomic E-state index is 0.0258. The number of carbonyl (C=O) groups is 2. The van der Waals surface area contributed by atoms with Crippen molar-refractivity contribution >= 4 is 35.0 Å². The van der Waals surface area contributed by atoms with Gasteiger partial charge in [0.25, 0.3) is 5.91 Å². The average molecular weight is 670 g/mol. The van der Waals surface area contributed by atoms with E-state index in [1.165, 1.54) is 17.2 Å². The van der Waals surface area contributed by atoms with Gasteiger partial charge in [-0.15, -0.1) is 0 Å². The van der Waals surface area contributed by atoms with Crippen molar-refractivity contribution in [1.82, 2.24) is 14.8 Å². The lowest BCUT2D eigenvalue weighted by Gasteiger charge is -2.35. The number of alkyl halides is 6. The Morgan fingerprint density at radius 2 is 1.63 bits per heavy atom. The van der Waals surface area contributed by atoms with Gasteiger partial charge >= 0.3 is 18.3 Å². The fourth-order valence-electron chi connectivity index (χ4n) is 5.82. The number of nitrogens with zero attached hydrogens (tertiary/aromatic N) is 4. The number of hydrogen-bond donors (Lipinski definition) is 2. The Bertz CT molecular complexity index is 1580. The van der Waals surface area contributed by atoms with E-state index >= 15 is 0 Å². The van der Waals surface area contributed by atoms with E-state index in [-0.39, 0.29) is 48.0 Å². The summed E-state index contributed by atoms with van der Waals surface area (Å²) in [7, 11) is 0. The summed E-state index contributed by atoms with van der Waals surface area (Å²) in [4.78, 5) is 33.5. The molecule has 46 heavy (non-hydrogen) atoms. The van der Waals surface area contributed by atoms with E-state index in [0.29, 0.717) is 43.7 Å². The van der Waals surface area contributed by atoms with Crippen molar-refractivity contribution in [2.75, 3.05) is 49.5 Å². The highest BCUT2D eigenvalue weighted by Gasteiger charge is 2.45. The Morgan fingerprint density at radius 1 is 0.935 bits per heavy atom. The molecule has 0 bridgehead atoms. The molecule has 1 amide bonds. The lowest BCUT2D eigenvalue weighted by Crippen LogP contribution is -2.47. The van der Waals surface area contributed by atoms with Crippen LogP contribution in [0, 0.1) is 0 Å². The number of hydrogen-bond acceptors (Lipinski definition) is 6. The average Bonchev–Trinajstić information content (AvgIpc) is 3.46. The molecule has 8 nitrogen and oxygen atoms in total. The van der Waals surface area contributed by atoms with Crippen molar-refractivity contribution in [2.45, 2.75) is 37.8 Å². The number of benzene rings is 2. The highest BCUT2D eigenvalue weighted by Crippen LogP contribution is 2.39. The maximum absolute atomic E-state index is 13.7. The SMILES string of the molecule is O=C(O)CN1CCN(c2ccc(C(=O)Nc3cc(CN4CCC[C@H]4C(F)(F)F)c(-c4ccc(C(F)(F)F)cc4Cl)cn3)cc2)CC1. The summed E-state index contributed by atoms with van der Waals surface area (Å²) in [5, 5.41) is 11.4. The minimum Gasteiger partial charge on any atom is -0.480 e. The molecule has 0 spiro atoms. The van der Waals surface area contributed by atoms with E-state index in [9.17, 15) is 35.9 Å². The molecule has 2 fully saturated rings. The third kappa shape index (κ3) is 7.91. The van der Waals surface area contributed by atoms with Gasteiger partial charge in [0.05, 0.1) is 12.1 Å². The van der Waals surface area contributed by atoms with Crippen LogP contribution in [0.25, 0.3) is 11.1 Å². The fourth-order valence-corrected chi connectivity index (χ4v) is 6.10. The number of carboxylic acid groups (broad SMARTS) is 1. The van der Waals surface area contributed by atoms with Gasteiger partial charge in [0.1, 0.15) is 11.9 Å². The van der Waals surface area contributed by atoms with Crippen molar-refractivity contribution in [1.29, 1.82) is 0 Å². The number of carbonyl (C=O) groups excluding carboxylic acids is 1. The molecule has 2 aliphatic rings. The predicted molar refractivity (Wildman–Crippen MR) is 160 cm³/mol. The van der Waals surface area contributed by atoms with E-state index in [1.54, 1.807) is 24.3 Å². The number of pyridine rings is 1. The first-order valence-electron chi connectivity index (χ1n) is 14.5. The van der Waals surface area contributed by atoms with Crippen LogP contribution < -0.4 is 10.2 Å². The number of aliphatic carboxylic acids is 1. The van der Waals surface area contributed by atoms with Crippen molar-refractivity contribution < 1.29 is 41.0 Å². The summed E-state index contributed by atoms with van der Waals surface area (Å²) in [6.45, 7) is 2.34. The molecule has 246 valence electrons. The molecule has 15 heteroatoms. The van der Waals surface area contributed by atoms with Gasteiger partial charge in [0, 0.05) is 66.3 Å². The summed E-state index contributed by atoms with van der Waals surface area (Å²) in [6, 6.07) is 9.24. The normalized spacial score (nSPS) is 18.2. The van der Waals surface area contributed by atoms with Crippen molar-refractivity contribution in [2.24, 2.45) is 0 Å². The second-order valence-electron chi connectivity index (χ2n) is 11.2. The van der Waals surface area contributed by atoms with E-state index in [4.69, 9.17) is 16.7 Å². The number of anilines is 2. The van der Waals surface area contributed by atoms with E-state index < -0.39 is 35.8 Å². The topological polar surface area (TPSA) is 89.0 Å². The standard InChI is InChI=1S/C31H30ClF6N5O3/c32-25-15-21(30(33,34)35)5-8-23(25)24-16-39-27(14-20(24)17-43-9-1-2-26(43)31(36,37)38)40-29(46)19-3-6-22(7-4-19)42-12-10-41(11-13-42)18-28(44)45/h3-8,14-16,26H,1-2,9-13,17-18H2,(H,44,45)(H,39,40,46)/t26-/m0/s1. The zero-order valence-electron chi connectivity index (χ0n) is 24.3. The van der Waals surface area contributed by atoms with E-state index in [1.807, 2.05) is 4.90 Å². The molecule has 1 aromatic heterocycles. The van der Waals surface area contributed by atoms with Crippen molar-refractivity contribution in [3.8, 4) is 11.1 Å². The van der Waals surface area contributed by atoms with Crippen LogP contribution >= 0.6 is 11.6 Å². The summed E-state index contributed by atoms with van der Waals surface area (Å²) in [5.41, 5.74) is 0.899. The third-order valence-corrected chi connectivity index (χ3v) is 8.47. The largest absolute Gasteiger partial charge is 0.480 e. The fraction of sp³-hybridized carbons (Fsp3) is 0.387. The quantitative estimate of drug-likeness (QED) is 0.268. The summed E-state index contributed by atoms with van der Waals surface area (Å²) >= 11 is 6.24. The number of halogens is 7. The molecule has 0 unspecified atom stereocenters. The Morgan fingerprint density at radius 3 is 2.24 bits per heavy atom. The van der Waals surface area contributed by atoms with Crippen LogP contribution in [0.4, 0.5) is 37.8 Å². The highest BCUT2D eigenvalue weighted by atomic mass is 35.5. The van der Waals surface area contributed by atoms with E-state index in [0.717, 1.165) is 23.9 Å². The minimum atomic E-state index is -4.64. The van der Waals surface area contributed by atoms with Crippen molar-refractivity contribution in [3.63, 3.8) is 0 Å². The Kier molecular flexibility index (Phi) is 9.80. The summed E-state index contributed by atoms with van der Waals surface area (Å²) < 4.78 is 81.0. The number of likely N-dealkylation sites (tertiary alicyclic amines) is 1. The van der Waals surface area contributed by atoms with Crippen LogP contribution in [0.3, 0.4) is 0 Å². The van der Waals surface area contributed by atoms with Gasteiger partial charge in [-0.3, -0.25) is 19.4 Å². The first-order valence-corrected chi connectivity index (χ1v) is 14.8. The van der Waals surface area contributed by atoms with Crippen molar-refractivity contribution in [3.05, 3.63) is 76.4 Å². The molecule has 1 atom stereocenters. The molecule has 0 radical (unpaired) electrons. The molecule has 2 aliphatic heterocycles.